The number of benzene rings is 2. The number of hydrogen-bond acceptors (Lipinski definition) is 4. The van der Waals surface area contributed by atoms with Crippen LogP contribution in [0.4, 0.5) is 8.78 Å². The molecule has 0 aromatic heterocycles. The molecule has 1 N–H and O–H groups in total. The second-order valence-corrected chi connectivity index (χ2v) is 6.01. The van der Waals surface area contributed by atoms with Crippen LogP contribution in [0.2, 0.25) is 0 Å². The zero-order valence-corrected chi connectivity index (χ0v) is 14.3. The van der Waals surface area contributed by atoms with Gasteiger partial charge in [-0.25, -0.2) is 0 Å². The van der Waals surface area contributed by atoms with Crippen LogP contribution in [0.1, 0.15) is 20.7 Å². The topological polar surface area (TPSA) is 70.1 Å². The molecule has 1 heterocycles. The summed E-state index contributed by atoms with van der Waals surface area (Å²) in [6.45, 7) is -1.87. The predicted octanol–water partition coefficient (Wildman–Crippen LogP) is 2.59. The third kappa shape index (κ3) is 4.33. The summed E-state index contributed by atoms with van der Waals surface area (Å²) < 4.78 is 29.5. The van der Waals surface area contributed by atoms with Crippen molar-refractivity contribution in [2.45, 2.75) is 6.61 Å². The first-order valence-electron chi connectivity index (χ1n) is 8.37. The Balaban J connectivity index is 1.66. The molecule has 0 atom stereocenters. The minimum Gasteiger partial charge on any atom is -0.508 e. The van der Waals surface area contributed by atoms with Crippen LogP contribution in [0.25, 0.3) is 0 Å². The van der Waals surface area contributed by atoms with Gasteiger partial charge in [-0.05, 0) is 30.3 Å². The van der Waals surface area contributed by atoms with Crippen molar-refractivity contribution < 1.29 is 28.2 Å². The average molecular weight is 376 g/mol. The van der Waals surface area contributed by atoms with Gasteiger partial charge in [0.25, 0.3) is 11.8 Å². The van der Waals surface area contributed by atoms with Crippen molar-refractivity contribution in [2.24, 2.45) is 0 Å². The van der Waals surface area contributed by atoms with E-state index in [2.05, 4.69) is 4.74 Å². The van der Waals surface area contributed by atoms with Crippen LogP contribution in [0.3, 0.4) is 0 Å². The predicted molar refractivity (Wildman–Crippen MR) is 93.0 cm³/mol. The fraction of sp³-hybridized carbons (Fsp3) is 0.263. The lowest BCUT2D eigenvalue weighted by Crippen LogP contribution is -2.50. The lowest BCUT2D eigenvalue weighted by atomic mass is 10.1. The van der Waals surface area contributed by atoms with E-state index in [4.69, 9.17) is 0 Å². The van der Waals surface area contributed by atoms with Crippen molar-refractivity contribution in [3.8, 4) is 11.5 Å². The van der Waals surface area contributed by atoms with Crippen molar-refractivity contribution in [1.82, 2.24) is 9.80 Å². The molecule has 0 bridgehead atoms. The molecule has 6 nitrogen and oxygen atoms in total. The molecule has 0 saturated carbocycles. The highest BCUT2D eigenvalue weighted by atomic mass is 19.3. The molecule has 0 unspecified atom stereocenters. The summed E-state index contributed by atoms with van der Waals surface area (Å²) in [6.07, 6.45) is 0. The molecule has 8 heteroatoms. The molecular formula is C19H18F2N2O4. The van der Waals surface area contributed by atoms with E-state index in [1.54, 1.807) is 23.1 Å². The van der Waals surface area contributed by atoms with Crippen LogP contribution in [-0.2, 0) is 0 Å². The van der Waals surface area contributed by atoms with Crippen LogP contribution in [0.15, 0.2) is 48.5 Å². The van der Waals surface area contributed by atoms with Gasteiger partial charge in [0.05, 0.1) is 5.56 Å². The number of nitrogens with zero attached hydrogens (tertiary/aromatic N) is 2. The van der Waals surface area contributed by atoms with Gasteiger partial charge in [-0.15, -0.1) is 0 Å². The number of aromatic hydroxyl groups is 1. The zero-order chi connectivity index (χ0) is 19.4. The van der Waals surface area contributed by atoms with Crippen LogP contribution in [0, 0.1) is 0 Å². The summed E-state index contributed by atoms with van der Waals surface area (Å²) in [5.41, 5.74) is 0.427. The van der Waals surface area contributed by atoms with Gasteiger partial charge in [0.2, 0.25) is 0 Å². The highest BCUT2D eigenvalue weighted by molar-refractivity contribution is 5.97. The van der Waals surface area contributed by atoms with E-state index in [1.165, 1.54) is 35.2 Å². The van der Waals surface area contributed by atoms with E-state index in [9.17, 15) is 23.5 Å². The van der Waals surface area contributed by atoms with E-state index >= 15 is 0 Å². The number of phenolic OH excluding ortho intramolecular Hbond substituents is 1. The van der Waals surface area contributed by atoms with Gasteiger partial charge in [0.15, 0.2) is 0 Å². The Hall–Kier alpha value is -3.16. The monoisotopic (exact) mass is 376 g/mol. The Morgan fingerprint density at radius 1 is 0.926 bits per heavy atom. The largest absolute Gasteiger partial charge is 0.508 e. The summed E-state index contributed by atoms with van der Waals surface area (Å²) in [7, 11) is 0. The van der Waals surface area contributed by atoms with Crippen LogP contribution >= 0.6 is 0 Å². The Morgan fingerprint density at radius 3 is 2.19 bits per heavy atom. The first-order chi connectivity index (χ1) is 13.0. The Kier molecular flexibility index (Phi) is 5.54. The van der Waals surface area contributed by atoms with Crippen molar-refractivity contribution in [3.05, 3.63) is 59.7 Å². The summed E-state index contributed by atoms with van der Waals surface area (Å²) in [4.78, 5) is 28.2. The van der Waals surface area contributed by atoms with Crippen LogP contribution in [0.5, 0.6) is 11.5 Å². The number of hydrogen-bond donors (Lipinski definition) is 1. The molecule has 3 rings (SSSR count). The number of piperazine rings is 1. The SMILES string of the molecule is O=C(c1cccc(O)c1)N1CCN(C(=O)c2ccccc2OC(F)F)CC1. The van der Waals surface area contributed by atoms with Gasteiger partial charge in [-0.3, -0.25) is 9.59 Å². The number of para-hydroxylation sites is 1. The lowest BCUT2D eigenvalue weighted by molar-refractivity contribution is -0.0503. The third-order valence-corrected chi connectivity index (χ3v) is 4.28. The van der Waals surface area contributed by atoms with Gasteiger partial charge < -0.3 is 19.6 Å². The summed E-state index contributed by atoms with van der Waals surface area (Å²) in [5.74, 6) is -0.823. The van der Waals surface area contributed by atoms with Gasteiger partial charge in [-0.1, -0.05) is 18.2 Å². The van der Waals surface area contributed by atoms with Gasteiger partial charge in [0.1, 0.15) is 11.5 Å². The van der Waals surface area contributed by atoms with Gasteiger partial charge in [0, 0.05) is 31.7 Å². The fourth-order valence-electron chi connectivity index (χ4n) is 2.95. The molecular weight excluding hydrogens is 358 g/mol. The summed E-state index contributed by atoms with van der Waals surface area (Å²) >= 11 is 0. The third-order valence-electron chi connectivity index (χ3n) is 4.28. The number of halogens is 2. The number of phenols is 1. The van der Waals surface area contributed by atoms with Gasteiger partial charge >= 0.3 is 6.61 Å². The number of alkyl halides is 2. The van der Waals surface area contributed by atoms with E-state index in [-0.39, 0.29) is 36.1 Å². The van der Waals surface area contributed by atoms with E-state index in [1.807, 2.05) is 0 Å². The molecule has 1 aliphatic rings. The molecule has 1 saturated heterocycles. The standard InChI is InChI=1S/C19H18F2N2O4/c20-19(21)27-16-7-2-1-6-15(16)18(26)23-10-8-22(9-11-23)17(25)13-4-3-5-14(24)12-13/h1-7,12,19,24H,8-11H2. The van der Waals surface area contributed by atoms with E-state index in [0.29, 0.717) is 18.7 Å². The number of rotatable bonds is 4. The summed E-state index contributed by atoms with van der Waals surface area (Å²) in [5, 5.41) is 9.50. The van der Waals surface area contributed by atoms with E-state index in [0.717, 1.165) is 0 Å². The second kappa shape index (κ2) is 8.03. The second-order valence-electron chi connectivity index (χ2n) is 6.01. The minimum atomic E-state index is -3.02. The minimum absolute atomic E-state index is 0.00491. The smallest absolute Gasteiger partial charge is 0.387 e. The maximum absolute atomic E-state index is 12.7. The highest BCUT2D eigenvalue weighted by Gasteiger charge is 2.27. The Bertz CT molecular complexity index is 836. The number of ether oxygens (including phenoxy) is 1. The molecule has 2 aromatic rings. The maximum Gasteiger partial charge on any atom is 0.387 e. The summed E-state index contributed by atoms with van der Waals surface area (Å²) in [6, 6.07) is 11.9. The molecule has 1 fully saturated rings. The van der Waals surface area contributed by atoms with Crippen molar-refractivity contribution in [2.75, 3.05) is 26.2 Å². The molecule has 2 aromatic carbocycles. The highest BCUT2D eigenvalue weighted by Crippen LogP contribution is 2.23. The van der Waals surface area contributed by atoms with Crippen LogP contribution < -0.4 is 4.74 Å². The zero-order valence-electron chi connectivity index (χ0n) is 14.3. The first-order valence-corrected chi connectivity index (χ1v) is 8.37. The Morgan fingerprint density at radius 2 is 1.56 bits per heavy atom. The molecule has 27 heavy (non-hydrogen) atoms. The molecule has 2 amide bonds. The quantitative estimate of drug-likeness (QED) is 0.891. The average Bonchev–Trinajstić information content (AvgIpc) is 2.67. The van der Waals surface area contributed by atoms with Crippen molar-refractivity contribution >= 4 is 11.8 Å². The number of amides is 2. The molecule has 1 aliphatic heterocycles. The fourth-order valence-corrected chi connectivity index (χ4v) is 2.95. The number of carbonyl (C=O) groups excluding carboxylic acids is 2. The maximum atomic E-state index is 12.7. The lowest BCUT2D eigenvalue weighted by Gasteiger charge is -2.35. The van der Waals surface area contributed by atoms with Gasteiger partial charge in [-0.2, -0.15) is 8.78 Å². The molecule has 0 aliphatic carbocycles. The molecule has 0 spiro atoms. The Labute approximate surface area is 154 Å². The van der Waals surface area contributed by atoms with Crippen molar-refractivity contribution in [3.63, 3.8) is 0 Å². The van der Waals surface area contributed by atoms with Crippen LogP contribution in [-0.4, -0.2) is 59.5 Å². The first kappa shape index (κ1) is 18.6. The van der Waals surface area contributed by atoms with E-state index < -0.39 is 12.5 Å². The van der Waals surface area contributed by atoms with Crippen molar-refractivity contribution in [1.29, 1.82) is 0 Å². The molecule has 142 valence electrons. The normalized spacial score (nSPS) is 14.3. The molecule has 0 radical (unpaired) electrons. The number of carbonyl (C=O) groups is 2.